The second-order valence-electron chi connectivity index (χ2n) is 4.67. The predicted molar refractivity (Wildman–Crippen MR) is 84.6 cm³/mol. The second-order valence-corrected chi connectivity index (χ2v) is 5.61. The first-order chi connectivity index (χ1) is 9.74. The summed E-state index contributed by atoms with van der Waals surface area (Å²) in [5, 5.41) is 6.81. The molecule has 1 atom stereocenters. The standard InChI is InChI=1S/C16H22N2OS/c1-4-17-14(10-16-18-12(3)11-20-16)13-8-6-7-9-15(13)19-5-2/h6-9,11,14,17H,4-5,10H2,1-3H3. The van der Waals surface area contributed by atoms with Crippen LogP contribution < -0.4 is 10.1 Å². The maximum absolute atomic E-state index is 5.75. The number of aryl methyl sites for hydroxylation is 1. The van der Waals surface area contributed by atoms with Crippen LogP contribution in [-0.4, -0.2) is 18.1 Å². The largest absolute Gasteiger partial charge is 0.494 e. The fourth-order valence-corrected chi connectivity index (χ4v) is 3.08. The molecule has 0 radical (unpaired) electrons. The Bertz CT molecular complexity index is 539. The fourth-order valence-electron chi connectivity index (χ4n) is 2.26. The molecule has 0 fully saturated rings. The number of benzene rings is 1. The van der Waals surface area contributed by atoms with E-state index in [1.807, 2.05) is 26.0 Å². The Balaban J connectivity index is 2.23. The Kier molecular flexibility index (Phi) is 5.56. The van der Waals surface area contributed by atoms with Crippen molar-refractivity contribution < 1.29 is 4.74 Å². The van der Waals surface area contributed by atoms with Gasteiger partial charge in [0.25, 0.3) is 0 Å². The molecule has 20 heavy (non-hydrogen) atoms. The lowest BCUT2D eigenvalue weighted by atomic mass is 10.0. The minimum Gasteiger partial charge on any atom is -0.494 e. The van der Waals surface area contributed by atoms with E-state index in [9.17, 15) is 0 Å². The Labute approximate surface area is 125 Å². The van der Waals surface area contributed by atoms with Gasteiger partial charge >= 0.3 is 0 Å². The molecule has 0 amide bonds. The molecule has 0 spiro atoms. The summed E-state index contributed by atoms with van der Waals surface area (Å²) in [6.45, 7) is 7.80. The van der Waals surface area contributed by atoms with Gasteiger partial charge in [0, 0.05) is 29.1 Å². The minimum atomic E-state index is 0.244. The van der Waals surface area contributed by atoms with Gasteiger partial charge in [-0.25, -0.2) is 4.98 Å². The molecule has 0 aliphatic heterocycles. The SMILES string of the molecule is CCNC(Cc1nc(C)cs1)c1ccccc1OCC. The maximum Gasteiger partial charge on any atom is 0.124 e. The summed E-state index contributed by atoms with van der Waals surface area (Å²) in [5.41, 5.74) is 2.31. The van der Waals surface area contributed by atoms with Gasteiger partial charge in [-0.1, -0.05) is 25.1 Å². The highest BCUT2D eigenvalue weighted by atomic mass is 32.1. The number of ether oxygens (including phenoxy) is 1. The number of hydrogen-bond donors (Lipinski definition) is 1. The molecule has 1 N–H and O–H groups in total. The number of hydrogen-bond acceptors (Lipinski definition) is 4. The molecular weight excluding hydrogens is 268 g/mol. The molecule has 2 aromatic rings. The van der Waals surface area contributed by atoms with Crippen molar-refractivity contribution in [3.8, 4) is 5.75 Å². The number of nitrogens with one attached hydrogen (secondary N) is 1. The van der Waals surface area contributed by atoms with Crippen LogP contribution in [0.5, 0.6) is 5.75 Å². The van der Waals surface area contributed by atoms with Gasteiger partial charge in [-0.3, -0.25) is 0 Å². The van der Waals surface area contributed by atoms with Crippen molar-refractivity contribution in [3.05, 3.63) is 45.9 Å². The van der Waals surface area contributed by atoms with Crippen molar-refractivity contribution >= 4 is 11.3 Å². The Morgan fingerprint density at radius 1 is 1.30 bits per heavy atom. The van der Waals surface area contributed by atoms with Crippen LogP contribution in [0, 0.1) is 6.92 Å². The van der Waals surface area contributed by atoms with Crippen LogP contribution in [0.25, 0.3) is 0 Å². The molecule has 1 aromatic heterocycles. The van der Waals surface area contributed by atoms with Crippen LogP contribution in [0.4, 0.5) is 0 Å². The van der Waals surface area contributed by atoms with Gasteiger partial charge in [-0.05, 0) is 26.5 Å². The van der Waals surface area contributed by atoms with Gasteiger partial charge in [-0.2, -0.15) is 0 Å². The third kappa shape index (κ3) is 3.81. The average molecular weight is 290 g/mol. The molecule has 1 heterocycles. The van der Waals surface area contributed by atoms with Crippen LogP contribution in [0.3, 0.4) is 0 Å². The molecule has 0 aliphatic rings. The van der Waals surface area contributed by atoms with E-state index in [-0.39, 0.29) is 6.04 Å². The van der Waals surface area contributed by atoms with Crippen LogP contribution in [-0.2, 0) is 6.42 Å². The summed E-state index contributed by atoms with van der Waals surface area (Å²) in [6.07, 6.45) is 0.899. The van der Waals surface area contributed by atoms with Crippen LogP contribution in [0.15, 0.2) is 29.6 Å². The van der Waals surface area contributed by atoms with Gasteiger partial charge in [0.2, 0.25) is 0 Å². The van der Waals surface area contributed by atoms with E-state index in [2.05, 4.69) is 34.7 Å². The van der Waals surface area contributed by atoms with Gasteiger partial charge in [0.1, 0.15) is 5.75 Å². The molecule has 1 unspecified atom stereocenters. The quantitative estimate of drug-likeness (QED) is 0.843. The Morgan fingerprint density at radius 2 is 2.10 bits per heavy atom. The molecule has 1 aromatic carbocycles. The van der Waals surface area contributed by atoms with E-state index in [0.717, 1.165) is 24.4 Å². The van der Waals surface area contributed by atoms with Crippen LogP contribution in [0.2, 0.25) is 0 Å². The summed E-state index contributed by atoms with van der Waals surface area (Å²) in [6, 6.07) is 8.50. The van der Waals surface area contributed by atoms with Crippen LogP contribution >= 0.6 is 11.3 Å². The van der Waals surface area contributed by atoms with Crippen molar-refractivity contribution in [3.63, 3.8) is 0 Å². The summed E-state index contributed by atoms with van der Waals surface area (Å²) in [5.74, 6) is 0.967. The lowest BCUT2D eigenvalue weighted by Gasteiger charge is -2.20. The van der Waals surface area contributed by atoms with E-state index < -0.39 is 0 Å². The predicted octanol–water partition coefficient (Wildman–Crippen LogP) is 3.74. The highest BCUT2D eigenvalue weighted by Crippen LogP contribution is 2.28. The number of nitrogens with zero attached hydrogens (tertiary/aromatic N) is 1. The van der Waals surface area contributed by atoms with E-state index >= 15 is 0 Å². The maximum atomic E-state index is 5.75. The number of thiazole rings is 1. The summed E-state index contributed by atoms with van der Waals surface area (Å²) < 4.78 is 5.75. The van der Waals surface area contributed by atoms with Gasteiger partial charge in [-0.15, -0.1) is 11.3 Å². The van der Waals surface area contributed by atoms with Gasteiger partial charge in [0.15, 0.2) is 0 Å². The lowest BCUT2D eigenvalue weighted by molar-refractivity contribution is 0.331. The molecule has 0 bridgehead atoms. The molecule has 0 aliphatic carbocycles. The van der Waals surface area contributed by atoms with E-state index in [0.29, 0.717) is 6.61 Å². The zero-order valence-electron chi connectivity index (χ0n) is 12.3. The fraction of sp³-hybridized carbons (Fsp3) is 0.438. The summed E-state index contributed by atoms with van der Waals surface area (Å²) >= 11 is 1.73. The smallest absolute Gasteiger partial charge is 0.124 e. The minimum absolute atomic E-state index is 0.244. The van der Waals surface area contributed by atoms with E-state index in [4.69, 9.17) is 4.74 Å². The third-order valence-corrected chi connectivity index (χ3v) is 4.08. The van der Waals surface area contributed by atoms with Gasteiger partial charge in [0.05, 0.1) is 11.6 Å². The summed E-state index contributed by atoms with van der Waals surface area (Å²) in [7, 11) is 0. The Hall–Kier alpha value is -1.39. The van der Waals surface area contributed by atoms with Crippen molar-refractivity contribution in [2.45, 2.75) is 33.2 Å². The topological polar surface area (TPSA) is 34.2 Å². The molecule has 2 rings (SSSR count). The van der Waals surface area contributed by atoms with Crippen LogP contribution in [0.1, 0.15) is 36.2 Å². The normalized spacial score (nSPS) is 12.3. The molecule has 4 heteroatoms. The number of rotatable bonds is 7. The number of para-hydroxylation sites is 1. The zero-order valence-corrected chi connectivity index (χ0v) is 13.2. The molecule has 0 saturated carbocycles. The molecule has 108 valence electrons. The highest BCUT2D eigenvalue weighted by molar-refractivity contribution is 7.09. The zero-order chi connectivity index (χ0) is 14.4. The van der Waals surface area contributed by atoms with Crippen molar-refractivity contribution in [2.24, 2.45) is 0 Å². The summed E-state index contributed by atoms with van der Waals surface area (Å²) in [4.78, 5) is 4.57. The number of likely N-dealkylation sites (N-methyl/N-ethyl adjacent to an activating group) is 1. The lowest BCUT2D eigenvalue weighted by Crippen LogP contribution is -2.23. The van der Waals surface area contributed by atoms with E-state index in [1.54, 1.807) is 11.3 Å². The van der Waals surface area contributed by atoms with Crippen molar-refractivity contribution in [2.75, 3.05) is 13.2 Å². The van der Waals surface area contributed by atoms with Gasteiger partial charge < -0.3 is 10.1 Å². The molecule has 0 saturated heterocycles. The third-order valence-electron chi connectivity index (χ3n) is 3.09. The first kappa shape index (κ1) is 15.0. The molecular formula is C16H22N2OS. The molecule has 3 nitrogen and oxygen atoms in total. The van der Waals surface area contributed by atoms with Crippen molar-refractivity contribution in [1.82, 2.24) is 10.3 Å². The van der Waals surface area contributed by atoms with Crippen molar-refractivity contribution in [1.29, 1.82) is 0 Å². The first-order valence-corrected chi connectivity index (χ1v) is 7.98. The highest BCUT2D eigenvalue weighted by Gasteiger charge is 2.17. The monoisotopic (exact) mass is 290 g/mol. The Morgan fingerprint density at radius 3 is 2.75 bits per heavy atom. The first-order valence-electron chi connectivity index (χ1n) is 7.10. The second kappa shape index (κ2) is 7.41. The van der Waals surface area contributed by atoms with E-state index in [1.165, 1.54) is 10.6 Å². The average Bonchev–Trinajstić information content (AvgIpc) is 2.85. The number of aromatic nitrogens is 1.